The Balaban J connectivity index is 1.39. The van der Waals surface area contributed by atoms with Crippen molar-refractivity contribution in [1.82, 2.24) is 14.8 Å². The van der Waals surface area contributed by atoms with Crippen molar-refractivity contribution in [2.75, 3.05) is 26.2 Å². The van der Waals surface area contributed by atoms with Crippen molar-refractivity contribution in [3.63, 3.8) is 0 Å². The molecule has 3 heterocycles. The molecular weight excluding hydrogens is 402 g/mol. The third kappa shape index (κ3) is 4.11. The van der Waals surface area contributed by atoms with Gasteiger partial charge in [0.1, 0.15) is 23.4 Å². The normalized spacial score (nSPS) is 24.0. The predicted octanol–water partition coefficient (Wildman–Crippen LogP) is 3.10. The van der Waals surface area contributed by atoms with Crippen molar-refractivity contribution in [2.24, 2.45) is 0 Å². The number of carbonyl (C=O) groups excluding carboxylic acids is 1. The van der Waals surface area contributed by atoms with Gasteiger partial charge in [-0.25, -0.2) is 8.78 Å². The van der Waals surface area contributed by atoms with Crippen molar-refractivity contribution in [2.45, 2.75) is 30.9 Å². The molecule has 9 heteroatoms. The van der Waals surface area contributed by atoms with E-state index in [0.29, 0.717) is 35.8 Å². The molecule has 2 unspecified atom stereocenters. The molecule has 0 bridgehead atoms. The highest BCUT2D eigenvalue weighted by Crippen LogP contribution is 2.33. The van der Waals surface area contributed by atoms with Crippen molar-refractivity contribution in [3.05, 3.63) is 35.5 Å². The Bertz CT molecular complexity index is 981. The minimum absolute atomic E-state index is 0.00621. The highest BCUT2D eigenvalue weighted by atomic mass is 35.5. The first-order valence-electron chi connectivity index (χ1n) is 9.35. The summed E-state index contributed by atoms with van der Waals surface area (Å²) in [7, 11) is 0. The van der Waals surface area contributed by atoms with E-state index in [2.05, 4.69) is 4.98 Å². The number of pyridine rings is 1. The number of aromatic nitrogens is 1. The van der Waals surface area contributed by atoms with E-state index in [0.717, 1.165) is 10.3 Å². The number of nitrogens with zero attached hydrogens (tertiary/aromatic N) is 4. The summed E-state index contributed by atoms with van der Waals surface area (Å²) < 4.78 is 33.2. The molecule has 0 spiro atoms. The minimum atomic E-state index is -3.00. The van der Waals surface area contributed by atoms with Crippen LogP contribution in [0.4, 0.5) is 8.78 Å². The maximum absolute atomic E-state index is 13.6. The van der Waals surface area contributed by atoms with Gasteiger partial charge in [-0.05, 0) is 30.7 Å². The van der Waals surface area contributed by atoms with Gasteiger partial charge in [0.15, 0.2) is 0 Å². The van der Waals surface area contributed by atoms with Gasteiger partial charge in [0.2, 0.25) is 5.91 Å². The summed E-state index contributed by atoms with van der Waals surface area (Å²) in [5, 5.41) is 10.5. The fourth-order valence-electron chi connectivity index (χ4n) is 3.90. The van der Waals surface area contributed by atoms with Gasteiger partial charge in [-0.3, -0.25) is 14.7 Å². The monoisotopic (exact) mass is 420 g/mol. The number of carbonyl (C=O) groups is 1. The van der Waals surface area contributed by atoms with Crippen molar-refractivity contribution < 1.29 is 18.3 Å². The van der Waals surface area contributed by atoms with Gasteiger partial charge in [-0.2, -0.15) is 5.26 Å². The molecule has 2 aromatic rings. The Morgan fingerprint density at radius 3 is 3.03 bits per heavy atom. The second-order valence-corrected chi connectivity index (χ2v) is 7.84. The lowest BCUT2D eigenvalue weighted by Gasteiger charge is -2.23. The molecule has 0 radical (unpaired) electrons. The van der Waals surface area contributed by atoms with E-state index in [1.807, 2.05) is 11.0 Å². The SMILES string of the molecule is N#CC1CC(F)(F)CN1C(=O)CN1CCC(Oc2ccc(Cl)c3cccnc23)C1. The van der Waals surface area contributed by atoms with Crippen LogP contribution in [0.3, 0.4) is 0 Å². The molecular formula is C20H19ClF2N4O2. The Morgan fingerprint density at radius 2 is 2.24 bits per heavy atom. The van der Waals surface area contributed by atoms with Gasteiger partial charge in [-0.15, -0.1) is 0 Å². The quantitative estimate of drug-likeness (QED) is 0.760. The van der Waals surface area contributed by atoms with E-state index in [4.69, 9.17) is 21.6 Å². The van der Waals surface area contributed by atoms with Crippen LogP contribution < -0.4 is 4.74 Å². The number of alkyl halides is 2. The van der Waals surface area contributed by atoms with E-state index in [-0.39, 0.29) is 12.6 Å². The lowest BCUT2D eigenvalue weighted by Crippen LogP contribution is -2.42. The lowest BCUT2D eigenvalue weighted by molar-refractivity contribution is -0.133. The smallest absolute Gasteiger partial charge is 0.268 e. The van der Waals surface area contributed by atoms with Crippen LogP contribution in [0.25, 0.3) is 10.9 Å². The van der Waals surface area contributed by atoms with Gasteiger partial charge in [0.25, 0.3) is 5.92 Å². The fourth-order valence-corrected chi connectivity index (χ4v) is 4.12. The number of benzene rings is 1. The Hall–Kier alpha value is -2.50. The first kappa shape index (κ1) is 19.8. The first-order chi connectivity index (χ1) is 13.9. The van der Waals surface area contributed by atoms with Crippen LogP contribution in [-0.4, -0.2) is 64.9 Å². The van der Waals surface area contributed by atoms with E-state index in [1.54, 1.807) is 30.5 Å². The number of likely N-dealkylation sites (tertiary alicyclic amines) is 2. The van der Waals surface area contributed by atoms with Gasteiger partial charge in [0.05, 0.1) is 24.2 Å². The summed E-state index contributed by atoms with van der Waals surface area (Å²) in [6.45, 7) is 0.398. The molecule has 6 nitrogen and oxygen atoms in total. The van der Waals surface area contributed by atoms with E-state index in [1.165, 1.54) is 0 Å². The molecule has 1 amide bonds. The van der Waals surface area contributed by atoms with Crippen molar-refractivity contribution in [3.8, 4) is 11.8 Å². The Labute approximate surface area is 171 Å². The molecule has 0 saturated carbocycles. The molecule has 0 aliphatic carbocycles. The topological polar surface area (TPSA) is 69.5 Å². The van der Waals surface area contributed by atoms with Gasteiger partial charge < -0.3 is 9.64 Å². The average Bonchev–Trinajstić information content (AvgIpc) is 3.27. The number of nitriles is 1. The third-order valence-corrected chi connectivity index (χ3v) is 5.63. The van der Waals surface area contributed by atoms with E-state index < -0.39 is 30.8 Å². The zero-order chi connectivity index (χ0) is 20.6. The first-order valence-corrected chi connectivity index (χ1v) is 9.73. The number of hydrogen-bond donors (Lipinski definition) is 0. The van der Waals surface area contributed by atoms with Crippen LogP contribution >= 0.6 is 11.6 Å². The zero-order valence-electron chi connectivity index (χ0n) is 15.5. The van der Waals surface area contributed by atoms with Crippen molar-refractivity contribution >= 4 is 28.4 Å². The van der Waals surface area contributed by atoms with Gasteiger partial charge in [0, 0.05) is 31.1 Å². The molecule has 2 atom stereocenters. The second kappa shape index (κ2) is 7.73. The number of hydrogen-bond acceptors (Lipinski definition) is 5. The summed E-state index contributed by atoms with van der Waals surface area (Å²) in [6.07, 6.45) is 1.61. The van der Waals surface area contributed by atoms with Crippen LogP contribution in [0.15, 0.2) is 30.5 Å². The molecule has 0 N–H and O–H groups in total. The number of amides is 1. The molecule has 2 aliphatic heterocycles. The summed E-state index contributed by atoms with van der Waals surface area (Å²) in [4.78, 5) is 19.7. The van der Waals surface area contributed by atoms with Crippen LogP contribution in [0.2, 0.25) is 5.02 Å². The summed E-state index contributed by atoms with van der Waals surface area (Å²) in [5.74, 6) is -2.84. The zero-order valence-corrected chi connectivity index (χ0v) is 16.3. The minimum Gasteiger partial charge on any atom is -0.487 e. The largest absolute Gasteiger partial charge is 0.487 e. The van der Waals surface area contributed by atoms with Crippen molar-refractivity contribution in [1.29, 1.82) is 5.26 Å². The maximum atomic E-state index is 13.6. The number of halogens is 3. The second-order valence-electron chi connectivity index (χ2n) is 7.44. The standard InChI is InChI=1S/C20H19ClF2N4O2/c21-16-3-4-17(19-15(16)2-1-6-25-19)29-14-5-7-26(10-14)11-18(28)27-12-20(22,23)8-13(27)9-24/h1-4,6,13-14H,5,7-8,10-12H2. The molecule has 4 rings (SSSR count). The third-order valence-electron chi connectivity index (χ3n) is 5.30. The highest BCUT2D eigenvalue weighted by molar-refractivity contribution is 6.35. The fraction of sp³-hybridized carbons (Fsp3) is 0.450. The van der Waals surface area contributed by atoms with Crippen LogP contribution in [0, 0.1) is 11.3 Å². The molecule has 29 heavy (non-hydrogen) atoms. The van der Waals surface area contributed by atoms with Gasteiger partial charge in [-0.1, -0.05) is 11.6 Å². The molecule has 152 valence electrons. The average molecular weight is 421 g/mol. The summed E-state index contributed by atoms with van der Waals surface area (Å²) in [5.41, 5.74) is 0.672. The lowest BCUT2D eigenvalue weighted by atomic mass is 10.2. The van der Waals surface area contributed by atoms with Gasteiger partial charge >= 0.3 is 0 Å². The molecule has 2 aliphatic rings. The molecule has 1 aromatic carbocycles. The van der Waals surface area contributed by atoms with E-state index in [9.17, 15) is 13.6 Å². The molecule has 2 saturated heterocycles. The van der Waals surface area contributed by atoms with E-state index >= 15 is 0 Å². The predicted molar refractivity (Wildman–Crippen MR) is 103 cm³/mol. The molecule has 2 fully saturated rings. The Kier molecular flexibility index (Phi) is 5.28. The molecule has 1 aromatic heterocycles. The highest BCUT2D eigenvalue weighted by Gasteiger charge is 2.47. The number of fused-ring (bicyclic) bond motifs is 1. The van der Waals surface area contributed by atoms with Crippen LogP contribution in [0.5, 0.6) is 5.75 Å². The maximum Gasteiger partial charge on any atom is 0.268 e. The Morgan fingerprint density at radius 1 is 1.41 bits per heavy atom. The number of ether oxygens (including phenoxy) is 1. The van der Waals surface area contributed by atoms with Crippen LogP contribution in [0.1, 0.15) is 12.8 Å². The number of rotatable bonds is 4. The summed E-state index contributed by atoms with van der Waals surface area (Å²) in [6, 6.07) is 7.93. The summed E-state index contributed by atoms with van der Waals surface area (Å²) >= 11 is 6.21. The van der Waals surface area contributed by atoms with Crippen LogP contribution in [-0.2, 0) is 4.79 Å².